The number of amides is 1. The number of carbonyl (C=O) groups is 1. The summed E-state index contributed by atoms with van der Waals surface area (Å²) >= 11 is 1.15. The Morgan fingerprint density at radius 2 is 2.14 bits per heavy atom. The lowest BCUT2D eigenvalue weighted by molar-refractivity contribution is -0.120. The van der Waals surface area contributed by atoms with Crippen molar-refractivity contribution >= 4 is 32.4 Å². The van der Waals surface area contributed by atoms with Gasteiger partial charge in [-0.1, -0.05) is 12.1 Å². The fourth-order valence-electron chi connectivity index (χ4n) is 3.00. The molecule has 0 aliphatic carbocycles. The molecule has 152 valence electrons. The van der Waals surface area contributed by atoms with Gasteiger partial charge in [-0.25, -0.2) is 17.7 Å². The zero-order valence-electron chi connectivity index (χ0n) is 15.0. The number of sulfonamides is 1. The van der Waals surface area contributed by atoms with Crippen LogP contribution in [0.3, 0.4) is 0 Å². The molecule has 11 heteroatoms. The summed E-state index contributed by atoms with van der Waals surface area (Å²) in [5.74, 6) is -0.784. The third kappa shape index (κ3) is 5.03. The Kier molecular flexibility index (Phi) is 6.26. The van der Waals surface area contributed by atoms with Crippen LogP contribution in [0.2, 0.25) is 0 Å². The standard InChI is InChI=1S/C17H19F2N3O4S2/c1-28(24,25)22-8-4-5-11(9-22)15(23)21-17-20-13(10-27-17)12-6-2-3-7-14(12)26-16(18)19/h2-3,6-7,10-11,16H,4-5,8-9H2,1H3,(H,20,21,23). The fourth-order valence-corrected chi connectivity index (χ4v) is 4.62. The number of alkyl halides is 2. The van der Waals surface area contributed by atoms with Gasteiger partial charge in [0.2, 0.25) is 15.9 Å². The summed E-state index contributed by atoms with van der Waals surface area (Å²) in [5.41, 5.74) is 0.790. The Morgan fingerprint density at radius 1 is 1.39 bits per heavy atom. The average Bonchev–Trinajstić information content (AvgIpc) is 3.09. The van der Waals surface area contributed by atoms with Gasteiger partial charge in [-0.2, -0.15) is 8.78 Å². The van der Waals surface area contributed by atoms with Crippen LogP contribution in [0.1, 0.15) is 12.8 Å². The zero-order valence-corrected chi connectivity index (χ0v) is 16.6. The summed E-state index contributed by atoms with van der Waals surface area (Å²) in [6.45, 7) is -2.41. The van der Waals surface area contributed by atoms with Crippen LogP contribution in [0, 0.1) is 5.92 Å². The van der Waals surface area contributed by atoms with Crippen LogP contribution in [0.4, 0.5) is 13.9 Å². The molecule has 0 saturated carbocycles. The SMILES string of the molecule is CS(=O)(=O)N1CCCC(C(=O)Nc2nc(-c3ccccc3OC(F)F)cs2)C1. The van der Waals surface area contributed by atoms with Crippen molar-refractivity contribution in [1.82, 2.24) is 9.29 Å². The number of thiazole rings is 1. The third-order valence-corrected chi connectivity index (χ3v) is 6.36. The molecule has 1 unspecified atom stereocenters. The number of benzene rings is 1. The molecule has 1 aromatic heterocycles. The second kappa shape index (κ2) is 8.50. The number of nitrogens with one attached hydrogen (secondary N) is 1. The summed E-state index contributed by atoms with van der Waals surface area (Å²) in [6.07, 6.45) is 2.31. The van der Waals surface area contributed by atoms with E-state index in [0.717, 1.165) is 17.6 Å². The van der Waals surface area contributed by atoms with E-state index in [1.807, 2.05) is 0 Å². The second-order valence-corrected chi connectivity index (χ2v) is 9.20. The Morgan fingerprint density at radius 3 is 2.86 bits per heavy atom. The molecule has 1 saturated heterocycles. The lowest BCUT2D eigenvalue weighted by Gasteiger charge is -2.29. The minimum atomic E-state index is -3.35. The first-order chi connectivity index (χ1) is 13.2. The molecule has 2 heterocycles. The van der Waals surface area contributed by atoms with Crippen molar-refractivity contribution in [1.29, 1.82) is 0 Å². The van der Waals surface area contributed by atoms with Gasteiger partial charge in [0.05, 0.1) is 17.9 Å². The highest BCUT2D eigenvalue weighted by Gasteiger charge is 2.30. The van der Waals surface area contributed by atoms with E-state index in [-0.39, 0.29) is 18.2 Å². The van der Waals surface area contributed by atoms with Gasteiger partial charge in [-0.05, 0) is 25.0 Å². The molecule has 3 rings (SSSR count). The van der Waals surface area contributed by atoms with Gasteiger partial charge in [0.1, 0.15) is 5.75 Å². The molecule has 1 aliphatic heterocycles. The normalized spacial score (nSPS) is 18.2. The first kappa shape index (κ1) is 20.6. The van der Waals surface area contributed by atoms with E-state index in [9.17, 15) is 22.0 Å². The number of para-hydroxylation sites is 1. The van der Waals surface area contributed by atoms with E-state index in [1.165, 1.54) is 10.4 Å². The number of hydrogen-bond donors (Lipinski definition) is 1. The smallest absolute Gasteiger partial charge is 0.387 e. The number of nitrogens with zero attached hydrogens (tertiary/aromatic N) is 2. The van der Waals surface area contributed by atoms with E-state index < -0.39 is 22.6 Å². The molecule has 1 N–H and O–H groups in total. The average molecular weight is 431 g/mol. The van der Waals surface area contributed by atoms with Crippen LogP contribution in [0.25, 0.3) is 11.3 Å². The summed E-state index contributed by atoms with van der Waals surface area (Å²) in [4.78, 5) is 16.8. The number of ether oxygens (including phenoxy) is 1. The van der Waals surface area contributed by atoms with Crippen molar-refractivity contribution in [2.75, 3.05) is 24.7 Å². The molecule has 1 fully saturated rings. The lowest BCUT2D eigenvalue weighted by atomic mass is 9.99. The predicted molar refractivity (Wildman–Crippen MR) is 102 cm³/mol. The lowest BCUT2D eigenvalue weighted by Crippen LogP contribution is -2.43. The van der Waals surface area contributed by atoms with Gasteiger partial charge < -0.3 is 10.1 Å². The molecule has 0 bridgehead atoms. The van der Waals surface area contributed by atoms with Crippen molar-refractivity contribution in [3.05, 3.63) is 29.6 Å². The van der Waals surface area contributed by atoms with Crippen LogP contribution >= 0.6 is 11.3 Å². The quantitative estimate of drug-likeness (QED) is 0.760. The number of anilines is 1. The number of piperidine rings is 1. The second-order valence-electron chi connectivity index (χ2n) is 6.36. The maximum atomic E-state index is 12.6. The molecule has 1 aliphatic rings. The summed E-state index contributed by atoms with van der Waals surface area (Å²) in [6, 6.07) is 6.27. The first-order valence-corrected chi connectivity index (χ1v) is 11.2. The maximum Gasteiger partial charge on any atom is 0.387 e. The largest absolute Gasteiger partial charge is 0.434 e. The van der Waals surface area contributed by atoms with Gasteiger partial charge in [-0.15, -0.1) is 11.3 Å². The minimum absolute atomic E-state index is 0.00301. The number of rotatable bonds is 6. The highest BCUT2D eigenvalue weighted by molar-refractivity contribution is 7.88. The van der Waals surface area contributed by atoms with Crippen LogP contribution in [-0.2, 0) is 14.8 Å². The van der Waals surface area contributed by atoms with E-state index in [4.69, 9.17) is 0 Å². The van der Waals surface area contributed by atoms with Crippen molar-refractivity contribution in [3.63, 3.8) is 0 Å². The molecular formula is C17H19F2N3O4S2. The molecule has 1 amide bonds. The van der Waals surface area contributed by atoms with Gasteiger partial charge in [0.25, 0.3) is 0 Å². The van der Waals surface area contributed by atoms with Crippen LogP contribution in [0.5, 0.6) is 5.75 Å². The fraction of sp³-hybridized carbons (Fsp3) is 0.412. The van der Waals surface area contributed by atoms with Crippen molar-refractivity contribution in [3.8, 4) is 17.0 Å². The van der Waals surface area contributed by atoms with E-state index in [0.29, 0.717) is 35.8 Å². The molecule has 2 aromatic rings. The van der Waals surface area contributed by atoms with Crippen LogP contribution in [-0.4, -0.2) is 49.6 Å². The predicted octanol–water partition coefficient (Wildman–Crippen LogP) is 3.02. The molecule has 1 atom stereocenters. The van der Waals surface area contributed by atoms with Crippen molar-refractivity contribution in [2.24, 2.45) is 5.92 Å². The highest BCUT2D eigenvalue weighted by Crippen LogP contribution is 2.33. The first-order valence-electron chi connectivity index (χ1n) is 8.50. The Labute approximate surface area is 165 Å². The number of hydrogen-bond acceptors (Lipinski definition) is 6. The molecular weight excluding hydrogens is 412 g/mol. The zero-order chi connectivity index (χ0) is 20.3. The van der Waals surface area contributed by atoms with E-state index in [2.05, 4.69) is 15.0 Å². The molecule has 0 spiro atoms. The Bertz CT molecular complexity index is 949. The molecule has 1 aromatic carbocycles. The van der Waals surface area contributed by atoms with E-state index in [1.54, 1.807) is 23.6 Å². The third-order valence-electron chi connectivity index (χ3n) is 4.34. The number of aromatic nitrogens is 1. The van der Waals surface area contributed by atoms with Crippen molar-refractivity contribution in [2.45, 2.75) is 19.5 Å². The maximum absolute atomic E-state index is 12.6. The number of halogens is 2. The summed E-state index contributed by atoms with van der Waals surface area (Å²) in [5, 5.41) is 4.63. The Balaban J connectivity index is 1.71. The van der Waals surface area contributed by atoms with E-state index >= 15 is 0 Å². The monoisotopic (exact) mass is 431 g/mol. The Hall–Kier alpha value is -2.11. The van der Waals surface area contributed by atoms with Gasteiger partial charge in [0, 0.05) is 24.0 Å². The summed E-state index contributed by atoms with van der Waals surface area (Å²) in [7, 11) is -3.35. The topological polar surface area (TPSA) is 88.6 Å². The molecule has 7 nitrogen and oxygen atoms in total. The van der Waals surface area contributed by atoms with Crippen LogP contribution in [0.15, 0.2) is 29.6 Å². The van der Waals surface area contributed by atoms with Crippen LogP contribution < -0.4 is 10.1 Å². The van der Waals surface area contributed by atoms with Gasteiger partial charge in [-0.3, -0.25) is 4.79 Å². The molecule has 0 radical (unpaired) electrons. The molecule has 28 heavy (non-hydrogen) atoms. The van der Waals surface area contributed by atoms with Gasteiger partial charge >= 0.3 is 6.61 Å². The minimum Gasteiger partial charge on any atom is -0.434 e. The van der Waals surface area contributed by atoms with Crippen molar-refractivity contribution < 1.29 is 26.7 Å². The highest BCUT2D eigenvalue weighted by atomic mass is 32.2. The van der Waals surface area contributed by atoms with Gasteiger partial charge in [0.15, 0.2) is 5.13 Å². The number of carbonyl (C=O) groups excluding carboxylic acids is 1. The summed E-state index contributed by atoms with van der Waals surface area (Å²) < 4.78 is 54.4.